The Balaban J connectivity index is 2.46. The van der Waals surface area contributed by atoms with E-state index in [0.717, 1.165) is 22.3 Å². The molecule has 1 atom stereocenters. The number of aliphatic carboxylic acids is 1. The molecule has 0 radical (unpaired) electrons. The van der Waals surface area contributed by atoms with Gasteiger partial charge in [0.2, 0.25) is 0 Å². The van der Waals surface area contributed by atoms with E-state index in [9.17, 15) is 9.18 Å². The van der Waals surface area contributed by atoms with Gasteiger partial charge in [0.15, 0.2) is 0 Å². The van der Waals surface area contributed by atoms with E-state index in [2.05, 4.69) is 0 Å². The van der Waals surface area contributed by atoms with Gasteiger partial charge < -0.3 is 15.6 Å². The number of allylic oxidation sites excluding steroid dienone is 1. The highest BCUT2D eigenvalue weighted by Gasteiger charge is 2.16. The third kappa shape index (κ3) is 5.17. The summed E-state index contributed by atoms with van der Waals surface area (Å²) in [6.45, 7) is 4.35. The fraction of sp³-hybridized carbons (Fsp3) is 0.286. The van der Waals surface area contributed by atoms with E-state index in [0.29, 0.717) is 18.7 Å². The summed E-state index contributed by atoms with van der Waals surface area (Å²) in [5, 5.41) is 8.92. The summed E-state index contributed by atoms with van der Waals surface area (Å²) >= 11 is 0. The fourth-order valence-electron chi connectivity index (χ4n) is 2.88. The second-order valence-electron chi connectivity index (χ2n) is 5.96. The molecule has 0 saturated heterocycles. The summed E-state index contributed by atoms with van der Waals surface area (Å²) in [7, 11) is 0. The molecule has 2 rings (SSSR count). The van der Waals surface area contributed by atoms with Crippen molar-refractivity contribution in [2.45, 2.75) is 32.8 Å². The zero-order chi connectivity index (χ0) is 19.1. The molecule has 5 heteroatoms. The molecule has 0 heterocycles. The minimum Gasteiger partial charge on any atom is -0.481 e. The van der Waals surface area contributed by atoms with Gasteiger partial charge in [-0.3, -0.25) is 4.79 Å². The molecule has 0 fully saturated rings. The van der Waals surface area contributed by atoms with E-state index < -0.39 is 5.97 Å². The fourth-order valence-corrected chi connectivity index (χ4v) is 2.88. The van der Waals surface area contributed by atoms with Crippen LogP contribution in [0.1, 0.15) is 49.5 Å². The molecule has 3 N–H and O–H groups in total. The summed E-state index contributed by atoms with van der Waals surface area (Å²) in [6.07, 6.45) is 1.97. The Morgan fingerprint density at radius 1 is 1.19 bits per heavy atom. The lowest BCUT2D eigenvalue weighted by Crippen LogP contribution is -2.08. The third-order valence-electron chi connectivity index (χ3n) is 4.06. The lowest BCUT2D eigenvalue weighted by molar-refractivity contribution is -0.135. The lowest BCUT2D eigenvalue weighted by Gasteiger charge is -2.20. The van der Waals surface area contributed by atoms with Crippen molar-refractivity contribution in [2.24, 2.45) is 0 Å². The topological polar surface area (TPSA) is 72.5 Å². The molecule has 0 aliphatic heterocycles. The molecule has 0 unspecified atom stereocenters. The molecule has 0 bridgehead atoms. The van der Waals surface area contributed by atoms with Gasteiger partial charge in [0, 0.05) is 12.3 Å². The number of benzene rings is 2. The van der Waals surface area contributed by atoms with Crippen molar-refractivity contribution in [1.82, 2.24) is 0 Å². The van der Waals surface area contributed by atoms with E-state index in [1.807, 2.05) is 32.0 Å². The van der Waals surface area contributed by atoms with Crippen molar-refractivity contribution in [3.05, 3.63) is 71.0 Å². The number of rotatable bonds is 8. The van der Waals surface area contributed by atoms with Crippen molar-refractivity contribution in [2.75, 3.05) is 12.3 Å². The van der Waals surface area contributed by atoms with Crippen LogP contribution in [-0.2, 0) is 9.53 Å². The smallest absolute Gasteiger partial charge is 0.307 e. The normalized spacial score (nSPS) is 12.8. The number of carboxylic acids is 1. The molecule has 0 aliphatic rings. The van der Waals surface area contributed by atoms with Crippen LogP contribution < -0.4 is 5.73 Å². The van der Waals surface area contributed by atoms with Gasteiger partial charge in [-0.2, -0.15) is 0 Å². The average molecular weight is 357 g/mol. The van der Waals surface area contributed by atoms with Crippen LogP contribution in [0.25, 0.3) is 5.57 Å². The van der Waals surface area contributed by atoms with Gasteiger partial charge >= 0.3 is 5.97 Å². The van der Waals surface area contributed by atoms with E-state index in [1.165, 1.54) is 12.1 Å². The molecule has 0 amide bonds. The van der Waals surface area contributed by atoms with Crippen molar-refractivity contribution in [1.29, 1.82) is 0 Å². The molecule has 2 aromatic rings. The van der Waals surface area contributed by atoms with Crippen molar-refractivity contribution < 1.29 is 19.0 Å². The number of anilines is 1. The Kier molecular flexibility index (Phi) is 6.92. The second kappa shape index (κ2) is 9.15. The van der Waals surface area contributed by atoms with E-state index in [-0.39, 0.29) is 18.3 Å². The van der Waals surface area contributed by atoms with E-state index in [4.69, 9.17) is 15.6 Å². The summed E-state index contributed by atoms with van der Waals surface area (Å²) in [5.74, 6) is -1.18. The molecule has 138 valence electrons. The zero-order valence-corrected chi connectivity index (χ0v) is 15.0. The van der Waals surface area contributed by atoms with Crippen molar-refractivity contribution >= 4 is 17.2 Å². The number of hydrogen-bond donors (Lipinski definition) is 2. The number of halogens is 1. The van der Waals surface area contributed by atoms with Crippen molar-refractivity contribution in [3.8, 4) is 0 Å². The number of carbonyl (C=O) groups is 1. The minimum absolute atomic E-state index is 0.0415. The summed E-state index contributed by atoms with van der Waals surface area (Å²) < 4.78 is 19.1. The lowest BCUT2D eigenvalue weighted by atomic mass is 9.94. The largest absolute Gasteiger partial charge is 0.481 e. The van der Waals surface area contributed by atoms with Gasteiger partial charge in [-0.15, -0.1) is 0 Å². The Morgan fingerprint density at radius 2 is 1.88 bits per heavy atom. The highest BCUT2D eigenvalue weighted by molar-refractivity contribution is 5.75. The van der Waals surface area contributed by atoms with Gasteiger partial charge in [0.05, 0.1) is 6.42 Å². The highest BCUT2D eigenvalue weighted by Crippen LogP contribution is 2.31. The van der Waals surface area contributed by atoms with Gasteiger partial charge in [0.1, 0.15) is 11.9 Å². The van der Waals surface area contributed by atoms with E-state index in [1.54, 1.807) is 18.2 Å². The molecule has 0 saturated carbocycles. The minimum atomic E-state index is -0.876. The van der Waals surface area contributed by atoms with Crippen molar-refractivity contribution in [3.63, 3.8) is 0 Å². The SMILES string of the molecule is CCO[C@H](c1ccc(F)cc1)c1cc(N)cc(C(=CCC(=O)O)CC)c1. The number of ether oxygens (including phenoxy) is 1. The summed E-state index contributed by atoms with van der Waals surface area (Å²) in [4.78, 5) is 10.9. The van der Waals surface area contributed by atoms with Crippen LogP contribution in [0, 0.1) is 5.82 Å². The summed E-state index contributed by atoms with van der Waals surface area (Å²) in [5.41, 5.74) is 10.1. The Hall–Kier alpha value is -2.66. The molecule has 4 nitrogen and oxygen atoms in total. The van der Waals surface area contributed by atoms with Gasteiger partial charge in [0.25, 0.3) is 0 Å². The maximum absolute atomic E-state index is 13.3. The first-order valence-corrected chi connectivity index (χ1v) is 8.63. The van der Waals surface area contributed by atoms with Crippen LogP contribution in [0.4, 0.5) is 10.1 Å². The Bertz CT molecular complexity index is 784. The van der Waals surface area contributed by atoms with Crippen LogP contribution in [0.2, 0.25) is 0 Å². The molecule has 26 heavy (non-hydrogen) atoms. The van der Waals surface area contributed by atoms with Crippen LogP contribution >= 0.6 is 0 Å². The molecular weight excluding hydrogens is 333 g/mol. The first-order chi connectivity index (χ1) is 12.4. The maximum Gasteiger partial charge on any atom is 0.307 e. The number of nitrogens with two attached hydrogens (primary N) is 1. The van der Waals surface area contributed by atoms with Gasteiger partial charge in [-0.05, 0) is 65.9 Å². The number of hydrogen-bond acceptors (Lipinski definition) is 3. The molecule has 0 spiro atoms. The van der Waals surface area contributed by atoms with Gasteiger partial charge in [-0.1, -0.05) is 25.1 Å². The predicted octanol–water partition coefficient (Wildman–Crippen LogP) is 4.80. The standard InChI is InChI=1S/C21H24FNO3/c1-3-14(7-10-20(24)25)16-11-17(13-19(23)12-16)21(26-4-2)15-5-8-18(22)9-6-15/h5-9,11-13,21H,3-4,10,23H2,1-2H3,(H,24,25)/t21-/m1/s1. The molecular formula is C21H24FNO3. The van der Waals surface area contributed by atoms with E-state index >= 15 is 0 Å². The maximum atomic E-state index is 13.3. The summed E-state index contributed by atoms with van der Waals surface area (Å²) in [6, 6.07) is 11.8. The van der Waals surface area contributed by atoms with Crippen LogP contribution in [0.3, 0.4) is 0 Å². The Labute approximate surface area is 153 Å². The van der Waals surface area contributed by atoms with Crippen LogP contribution in [-0.4, -0.2) is 17.7 Å². The monoisotopic (exact) mass is 357 g/mol. The number of nitrogen functional groups attached to an aromatic ring is 1. The average Bonchev–Trinajstić information content (AvgIpc) is 2.60. The Morgan fingerprint density at radius 3 is 2.46 bits per heavy atom. The van der Waals surface area contributed by atoms with Gasteiger partial charge in [-0.25, -0.2) is 4.39 Å². The first kappa shape index (κ1) is 19.7. The zero-order valence-electron chi connectivity index (χ0n) is 15.0. The molecule has 2 aromatic carbocycles. The van der Waals surface area contributed by atoms with Crippen LogP contribution in [0.5, 0.6) is 0 Å². The first-order valence-electron chi connectivity index (χ1n) is 8.63. The number of carboxylic acid groups (broad SMARTS) is 1. The molecule has 0 aliphatic carbocycles. The quantitative estimate of drug-likeness (QED) is 0.666. The highest BCUT2D eigenvalue weighted by atomic mass is 19.1. The second-order valence-corrected chi connectivity index (χ2v) is 5.96. The third-order valence-corrected chi connectivity index (χ3v) is 4.06. The predicted molar refractivity (Wildman–Crippen MR) is 101 cm³/mol. The molecule has 0 aromatic heterocycles. The van der Waals surface area contributed by atoms with Crippen LogP contribution in [0.15, 0.2) is 48.5 Å².